The Morgan fingerprint density at radius 3 is 0.833 bits per heavy atom. The minimum atomic E-state index is 0.725. The number of hydrogen-bond acceptors (Lipinski definition) is 6. The Balaban J connectivity index is 0.000000148. The van der Waals surface area contributed by atoms with Crippen molar-refractivity contribution in [3.63, 3.8) is 0 Å². The van der Waals surface area contributed by atoms with E-state index in [9.17, 15) is 0 Å². The van der Waals surface area contributed by atoms with E-state index in [0.717, 1.165) is 171 Å². The maximum absolute atomic E-state index is 6.20. The van der Waals surface area contributed by atoms with Crippen LogP contribution >= 0.6 is 0 Å². The molecule has 0 fully saturated rings. The second kappa shape index (κ2) is 23.5. The molecule has 342 valence electrons. The lowest BCUT2D eigenvalue weighted by atomic mass is 9.98. The smallest absolute Gasteiger partial charge is 0.135 e. The predicted molar refractivity (Wildman–Crippen MR) is 279 cm³/mol. The highest BCUT2D eigenvalue weighted by molar-refractivity contribution is 6.13. The Morgan fingerprint density at radius 2 is 0.561 bits per heavy atom. The van der Waals surface area contributed by atoms with Crippen molar-refractivity contribution < 1.29 is 28.4 Å². The van der Waals surface area contributed by atoms with Crippen LogP contribution in [0.1, 0.15) is 78.7 Å². The van der Waals surface area contributed by atoms with Crippen molar-refractivity contribution in [2.45, 2.75) is 79.6 Å². The number of hydrogen-bond donors (Lipinski definition) is 0. The maximum atomic E-state index is 6.20. The monoisotopic (exact) mass is 882 g/mol. The standard InChI is InChI=1S/C22H26O2.C20H22O2.C18H18O2/c1-3-5-15-23-21-17-11-7-9-13-19(17)22(24-16-6-4-2)20-14-10-8-12-18(20)21;1-3-13-21-19-15-9-5-7-11-17(15)20(22-14-4-2)18-12-8-6-10-16(18)19;1-4-12-9-10-15-16(11-12)18(20-3)14-8-6-5-7-13(14)17(15)19-2/h7-14H,3-6,15-16H2,1-2H3;5-12H,3-4,13-14H2,1-2H3;5-11H,4H2,1-3H3. The van der Waals surface area contributed by atoms with E-state index in [2.05, 4.69) is 162 Å². The molecule has 6 nitrogen and oxygen atoms in total. The van der Waals surface area contributed by atoms with Crippen molar-refractivity contribution in [2.24, 2.45) is 0 Å². The fourth-order valence-corrected chi connectivity index (χ4v) is 8.57. The summed E-state index contributed by atoms with van der Waals surface area (Å²) in [6.07, 6.45) is 7.40. The molecule has 9 aromatic rings. The van der Waals surface area contributed by atoms with Crippen molar-refractivity contribution in [1.29, 1.82) is 0 Å². The molecule has 0 unspecified atom stereocenters. The lowest BCUT2D eigenvalue weighted by Crippen LogP contribution is -2.01. The van der Waals surface area contributed by atoms with E-state index < -0.39 is 0 Å². The molecule has 0 saturated carbocycles. The first-order chi connectivity index (χ1) is 32.5. The number of rotatable bonds is 17. The van der Waals surface area contributed by atoms with Gasteiger partial charge in [-0.05, 0) is 43.7 Å². The van der Waals surface area contributed by atoms with E-state index in [0.29, 0.717) is 0 Å². The lowest BCUT2D eigenvalue weighted by molar-refractivity contribution is 0.311. The highest BCUT2D eigenvalue weighted by Gasteiger charge is 2.18. The van der Waals surface area contributed by atoms with E-state index in [4.69, 9.17) is 28.4 Å². The first-order valence-electron chi connectivity index (χ1n) is 24.0. The maximum Gasteiger partial charge on any atom is 0.135 e. The van der Waals surface area contributed by atoms with Crippen molar-refractivity contribution in [2.75, 3.05) is 40.6 Å². The molecule has 9 rings (SSSR count). The van der Waals surface area contributed by atoms with Crippen LogP contribution in [0.5, 0.6) is 34.5 Å². The largest absolute Gasteiger partial charge is 0.495 e. The molecule has 6 heteroatoms. The molecule has 0 spiro atoms. The molecule has 0 aliphatic carbocycles. The number of aryl methyl sites for hydroxylation is 1. The second-order valence-electron chi connectivity index (χ2n) is 16.4. The van der Waals surface area contributed by atoms with Gasteiger partial charge in [0.05, 0.1) is 40.6 Å². The summed E-state index contributed by atoms with van der Waals surface area (Å²) in [5, 5.41) is 13.4. The van der Waals surface area contributed by atoms with Crippen LogP contribution in [0.25, 0.3) is 64.6 Å². The molecule has 9 aromatic carbocycles. The SMILES string of the molecule is CCCCOc1c2ccccc2c(OCCCC)c2ccccc12.CCCOc1c2ccccc2c(OCCC)c2ccccc12.CCc1ccc2c(OC)c3ccccc3c(OC)c2c1. The van der Waals surface area contributed by atoms with Gasteiger partial charge in [0.25, 0.3) is 0 Å². The van der Waals surface area contributed by atoms with Crippen LogP contribution in [0.4, 0.5) is 0 Å². The molecule has 0 heterocycles. The minimum absolute atomic E-state index is 0.725. The average molecular weight is 883 g/mol. The fraction of sp³-hybridized carbons (Fsp3) is 0.300. The predicted octanol–water partition coefficient (Wildman–Crippen LogP) is 16.5. The lowest BCUT2D eigenvalue weighted by Gasteiger charge is -2.17. The van der Waals surface area contributed by atoms with Gasteiger partial charge in [-0.25, -0.2) is 0 Å². The molecule has 0 bridgehead atoms. The van der Waals surface area contributed by atoms with Gasteiger partial charge in [0, 0.05) is 64.6 Å². The number of unbranched alkanes of at least 4 members (excludes halogenated alkanes) is 2. The van der Waals surface area contributed by atoms with Crippen LogP contribution in [0.3, 0.4) is 0 Å². The third-order valence-electron chi connectivity index (χ3n) is 11.9. The van der Waals surface area contributed by atoms with Crippen LogP contribution in [0, 0.1) is 0 Å². The zero-order chi connectivity index (χ0) is 46.3. The number of fused-ring (bicyclic) bond motifs is 6. The molecule has 0 aliphatic heterocycles. The fourth-order valence-electron chi connectivity index (χ4n) is 8.57. The topological polar surface area (TPSA) is 55.4 Å². The average Bonchev–Trinajstić information content (AvgIpc) is 3.37. The second-order valence-corrected chi connectivity index (χ2v) is 16.4. The van der Waals surface area contributed by atoms with Crippen molar-refractivity contribution in [3.05, 3.63) is 145 Å². The van der Waals surface area contributed by atoms with E-state index in [1.807, 2.05) is 12.1 Å². The number of methoxy groups -OCH3 is 2. The summed E-state index contributed by atoms with van der Waals surface area (Å²) in [6, 6.07) is 48.2. The van der Waals surface area contributed by atoms with Crippen molar-refractivity contribution >= 4 is 64.6 Å². The van der Waals surface area contributed by atoms with Crippen molar-refractivity contribution in [3.8, 4) is 34.5 Å². The molecule has 0 N–H and O–H groups in total. The highest BCUT2D eigenvalue weighted by Crippen LogP contribution is 2.45. The van der Waals surface area contributed by atoms with Gasteiger partial charge >= 0.3 is 0 Å². The van der Waals surface area contributed by atoms with Crippen LogP contribution < -0.4 is 28.4 Å². The van der Waals surface area contributed by atoms with Crippen LogP contribution in [0.15, 0.2) is 140 Å². The Bertz CT molecular complexity index is 2760. The number of benzene rings is 9. The summed E-state index contributed by atoms with van der Waals surface area (Å²) in [5.74, 6) is 5.74. The van der Waals surface area contributed by atoms with Gasteiger partial charge in [-0.2, -0.15) is 0 Å². The van der Waals surface area contributed by atoms with Gasteiger partial charge in [0.1, 0.15) is 34.5 Å². The van der Waals surface area contributed by atoms with Gasteiger partial charge in [-0.3, -0.25) is 0 Å². The molecular formula is C60H66O6. The molecule has 0 aliphatic rings. The van der Waals surface area contributed by atoms with Gasteiger partial charge in [-0.1, -0.05) is 181 Å². The minimum Gasteiger partial charge on any atom is -0.495 e. The molecule has 0 aromatic heterocycles. The normalized spacial score (nSPS) is 11.0. The molecule has 0 atom stereocenters. The van der Waals surface area contributed by atoms with Crippen LogP contribution in [-0.4, -0.2) is 40.6 Å². The summed E-state index contributed by atoms with van der Waals surface area (Å²) in [4.78, 5) is 0. The summed E-state index contributed by atoms with van der Waals surface area (Å²) in [5.41, 5.74) is 1.30. The molecular weight excluding hydrogens is 817 g/mol. The van der Waals surface area contributed by atoms with Crippen molar-refractivity contribution in [1.82, 2.24) is 0 Å². The summed E-state index contributed by atoms with van der Waals surface area (Å²) < 4.78 is 35.9. The van der Waals surface area contributed by atoms with E-state index in [-0.39, 0.29) is 0 Å². The summed E-state index contributed by atoms with van der Waals surface area (Å²) >= 11 is 0. The zero-order valence-corrected chi connectivity index (χ0v) is 40.0. The zero-order valence-electron chi connectivity index (χ0n) is 40.0. The third-order valence-corrected chi connectivity index (χ3v) is 11.9. The number of ether oxygens (including phenoxy) is 6. The highest BCUT2D eigenvalue weighted by atomic mass is 16.5. The van der Waals surface area contributed by atoms with Crippen LogP contribution in [0.2, 0.25) is 0 Å². The Kier molecular flexibility index (Phi) is 16.8. The summed E-state index contributed by atoms with van der Waals surface area (Å²) in [6.45, 7) is 13.7. The summed E-state index contributed by atoms with van der Waals surface area (Å²) in [7, 11) is 3.45. The van der Waals surface area contributed by atoms with Gasteiger partial charge < -0.3 is 28.4 Å². The van der Waals surface area contributed by atoms with E-state index in [1.54, 1.807) is 14.2 Å². The Hall–Kier alpha value is -6.66. The van der Waals surface area contributed by atoms with Gasteiger partial charge in [0.15, 0.2) is 0 Å². The van der Waals surface area contributed by atoms with E-state index in [1.165, 1.54) is 5.56 Å². The Morgan fingerprint density at radius 1 is 0.288 bits per heavy atom. The quantitative estimate of drug-likeness (QED) is 0.0671. The molecule has 0 saturated heterocycles. The third kappa shape index (κ3) is 10.2. The first kappa shape index (κ1) is 47.3. The van der Waals surface area contributed by atoms with E-state index >= 15 is 0 Å². The molecule has 0 amide bonds. The first-order valence-corrected chi connectivity index (χ1v) is 24.0. The Labute approximate surface area is 391 Å². The molecule has 0 radical (unpaired) electrons. The van der Waals surface area contributed by atoms with Gasteiger partial charge in [0.2, 0.25) is 0 Å². The van der Waals surface area contributed by atoms with Gasteiger partial charge in [-0.15, -0.1) is 0 Å². The van der Waals surface area contributed by atoms with Crippen LogP contribution in [-0.2, 0) is 6.42 Å². The molecule has 66 heavy (non-hydrogen) atoms.